The first kappa shape index (κ1) is 28.5. The Hall–Kier alpha value is -2.58. The minimum absolute atomic E-state index is 0.0169. The van der Waals surface area contributed by atoms with E-state index < -0.39 is 23.7 Å². The van der Waals surface area contributed by atoms with E-state index in [1.165, 1.54) is 23.0 Å². The van der Waals surface area contributed by atoms with Crippen LogP contribution in [0.3, 0.4) is 0 Å². The average Bonchev–Trinajstić information content (AvgIpc) is 2.73. The number of nitrogens with zero attached hydrogens (tertiary/aromatic N) is 2. The van der Waals surface area contributed by atoms with Gasteiger partial charge in [-0.15, -0.1) is 0 Å². The number of carbonyl (C=O) groups excluding carboxylic acids is 3. The van der Waals surface area contributed by atoms with Crippen LogP contribution in [0.1, 0.15) is 46.1 Å². The Morgan fingerprint density at radius 2 is 1.91 bits per heavy atom. The van der Waals surface area contributed by atoms with Crippen LogP contribution in [0.15, 0.2) is 30.3 Å². The standard InChI is InChI=1S/C24H35ClN2O6/c1-18(27(13-7-15-28)23(31)33-24(2,3)4)17-26(14-12-22(30)32-5)21(29)11-10-19-8-6-9-20(25)16-19/h6,8-11,16,18,28H,7,12-15,17H2,1-5H3/b11-10+/t18-/m1/s1. The van der Waals surface area contributed by atoms with Gasteiger partial charge in [0.1, 0.15) is 5.60 Å². The maximum absolute atomic E-state index is 13.0. The summed E-state index contributed by atoms with van der Waals surface area (Å²) in [5.74, 6) is -0.763. The smallest absolute Gasteiger partial charge is 0.410 e. The Balaban J connectivity index is 3.03. The predicted octanol–water partition coefficient (Wildman–Crippen LogP) is 3.75. The average molecular weight is 483 g/mol. The molecule has 1 aromatic carbocycles. The molecule has 33 heavy (non-hydrogen) atoms. The van der Waals surface area contributed by atoms with Crippen molar-refractivity contribution in [2.75, 3.05) is 33.4 Å². The second-order valence-electron chi connectivity index (χ2n) is 8.60. The van der Waals surface area contributed by atoms with E-state index in [1.807, 2.05) is 6.07 Å². The molecule has 0 spiro atoms. The van der Waals surface area contributed by atoms with E-state index in [-0.39, 0.29) is 38.6 Å². The van der Waals surface area contributed by atoms with Crippen LogP contribution in [0.2, 0.25) is 5.02 Å². The first-order chi connectivity index (χ1) is 15.5. The van der Waals surface area contributed by atoms with E-state index >= 15 is 0 Å². The summed E-state index contributed by atoms with van der Waals surface area (Å²) in [5, 5.41) is 9.79. The van der Waals surface area contributed by atoms with Gasteiger partial charge >= 0.3 is 12.1 Å². The number of esters is 1. The van der Waals surface area contributed by atoms with Crippen LogP contribution in [0, 0.1) is 0 Å². The maximum Gasteiger partial charge on any atom is 0.410 e. The zero-order valence-electron chi connectivity index (χ0n) is 20.0. The molecule has 1 atom stereocenters. The van der Waals surface area contributed by atoms with Gasteiger partial charge in [0.05, 0.1) is 13.5 Å². The summed E-state index contributed by atoms with van der Waals surface area (Å²) in [6.07, 6.45) is 2.90. The monoisotopic (exact) mass is 482 g/mol. The molecule has 1 rings (SSSR count). The van der Waals surface area contributed by atoms with Gasteiger partial charge in [0, 0.05) is 43.4 Å². The van der Waals surface area contributed by atoms with Crippen LogP contribution >= 0.6 is 11.6 Å². The van der Waals surface area contributed by atoms with Crippen molar-refractivity contribution in [1.29, 1.82) is 0 Å². The van der Waals surface area contributed by atoms with Crippen LogP contribution in [0.5, 0.6) is 0 Å². The molecule has 0 heterocycles. The number of hydrogen-bond acceptors (Lipinski definition) is 6. The molecular formula is C24H35ClN2O6. The molecule has 1 N–H and O–H groups in total. The van der Waals surface area contributed by atoms with Gasteiger partial charge in [-0.25, -0.2) is 4.79 Å². The summed E-state index contributed by atoms with van der Waals surface area (Å²) in [4.78, 5) is 40.3. The third kappa shape index (κ3) is 11.2. The molecule has 0 aliphatic rings. The molecule has 0 saturated heterocycles. The molecule has 0 saturated carbocycles. The van der Waals surface area contributed by atoms with Crippen molar-refractivity contribution in [3.8, 4) is 0 Å². The summed E-state index contributed by atoms with van der Waals surface area (Å²) in [5.41, 5.74) is 0.0732. The number of ether oxygens (including phenoxy) is 2. The number of hydrogen-bond donors (Lipinski definition) is 1. The van der Waals surface area contributed by atoms with Gasteiger partial charge < -0.3 is 24.4 Å². The van der Waals surface area contributed by atoms with Crippen molar-refractivity contribution in [3.05, 3.63) is 40.9 Å². The lowest BCUT2D eigenvalue weighted by Crippen LogP contribution is -2.49. The topological polar surface area (TPSA) is 96.4 Å². The summed E-state index contributed by atoms with van der Waals surface area (Å²) in [6, 6.07) is 6.64. The minimum Gasteiger partial charge on any atom is -0.469 e. The number of halogens is 1. The Morgan fingerprint density at radius 1 is 1.21 bits per heavy atom. The van der Waals surface area contributed by atoms with E-state index in [4.69, 9.17) is 21.1 Å². The Kier molecular flexibility index (Phi) is 11.9. The van der Waals surface area contributed by atoms with Gasteiger partial charge in [-0.2, -0.15) is 0 Å². The van der Waals surface area contributed by atoms with E-state index in [2.05, 4.69) is 0 Å². The molecule has 0 aliphatic carbocycles. The molecule has 0 unspecified atom stereocenters. The van der Waals surface area contributed by atoms with Crippen molar-refractivity contribution in [2.24, 2.45) is 0 Å². The number of aliphatic hydroxyl groups excluding tert-OH is 1. The van der Waals surface area contributed by atoms with Gasteiger partial charge in [-0.1, -0.05) is 23.7 Å². The lowest BCUT2D eigenvalue weighted by Gasteiger charge is -2.34. The summed E-state index contributed by atoms with van der Waals surface area (Å²) in [6.45, 7) is 7.58. The second kappa shape index (κ2) is 13.9. The van der Waals surface area contributed by atoms with Gasteiger partial charge in [0.2, 0.25) is 5.91 Å². The van der Waals surface area contributed by atoms with Gasteiger partial charge in [0.25, 0.3) is 0 Å². The van der Waals surface area contributed by atoms with E-state index in [0.29, 0.717) is 11.4 Å². The van der Waals surface area contributed by atoms with Crippen molar-refractivity contribution >= 4 is 35.6 Å². The Labute approximate surface area is 201 Å². The predicted molar refractivity (Wildman–Crippen MR) is 128 cm³/mol. The first-order valence-electron chi connectivity index (χ1n) is 10.9. The van der Waals surface area contributed by atoms with Gasteiger partial charge in [-0.3, -0.25) is 9.59 Å². The number of aliphatic hydroxyl groups is 1. The highest BCUT2D eigenvalue weighted by Gasteiger charge is 2.28. The SMILES string of the molecule is COC(=O)CCN(C[C@@H](C)N(CCCO)C(=O)OC(C)(C)C)C(=O)/C=C/c1cccc(Cl)c1. The molecule has 184 valence electrons. The molecule has 0 bridgehead atoms. The van der Waals surface area contributed by atoms with Crippen molar-refractivity contribution < 1.29 is 29.0 Å². The maximum atomic E-state index is 13.0. The van der Waals surface area contributed by atoms with Crippen molar-refractivity contribution in [1.82, 2.24) is 9.80 Å². The fourth-order valence-corrected chi connectivity index (χ4v) is 3.17. The van der Waals surface area contributed by atoms with Gasteiger partial charge in [-0.05, 0) is 57.9 Å². The molecule has 0 fully saturated rings. The van der Waals surface area contributed by atoms with Crippen LogP contribution < -0.4 is 0 Å². The number of amides is 2. The largest absolute Gasteiger partial charge is 0.469 e. The summed E-state index contributed by atoms with van der Waals surface area (Å²) < 4.78 is 10.2. The molecule has 0 aliphatic heterocycles. The first-order valence-corrected chi connectivity index (χ1v) is 11.2. The molecule has 0 radical (unpaired) electrons. The van der Waals surface area contributed by atoms with Crippen molar-refractivity contribution in [2.45, 2.75) is 52.2 Å². The summed E-state index contributed by atoms with van der Waals surface area (Å²) in [7, 11) is 1.29. The van der Waals surface area contributed by atoms with E-state index in [9.17, 15) is 19.5 Å². The van der Waals surface area contributed by atoms with Crippen LogP contribution in [-0.4, -0.2) is 77.9 Å². The van der Waals surface area contributed by atoms with Crippen LogP contribution in [-0.2, 0) is 19.1 Å². The fraction of sp³-hybridized carbons (Fsp3) is 0.542. The third-order valence-electron chi connectivity index (χ3n) is 4.59. The zero-order valence-corrected chi connectivity index (χ0v) is 20.8. The molecule has 1 aromatic rings. The lowest BCUT2D eigenvalue weighted by molar-refractivity contribution is -0.141. The number of benzene rings is 1. The van der Waals surface area contributed by atoms with Gasteiger partial charge in [0.15, 0.2) is 0 Å². The number of rotatable bonds is 11. The molecular weight excluding hydrogens is 448 g/mol. The van der Waals surface area contributed by atoms with Crippen LogP contribution in [0.25, 0.3) is 6.08 Å². The molecule has 8 nitrogen and oxygen atoms in total. The quantitative estimate of drug-likeness (QED) is 0.381. The van der Waals surface area contributed by atoms with E-state index in [1.54, 1.807) is 52.0 Å². The van der Waals surface area contributed by atoms with E-state index in [0.717, 1.165) is 5.56 Å². The fourth-order valence-electron chi connectivity index (χ4n) is 2.97. The molecule has 9 heteroatoms. The number of carbonyl (C=O) groups is 3. The Morgan fingerprint density at radius 3 is 2.48 bits per heavy atom. The molecule has 2 amide bonds. The van der Waals surface area contributed by atoms with Crippen LogP contribution in [0.4, 0.5) is 4.79 Å². The highest BCUT2D eigenvalue weighted by Crippen LogP contribution is 2.15. The summed E-state index contributed by atoms with van der Waals surface area (Å²) >= 11 is 6.00. The lowest BCUT2D eigenvalue weighted by atomic mass is 10.2. The second-order valence-corrected chi connectivity index (χ2v) is 9.04. The number of methoxy groups -OCH3 is 1. The minimum atomic E-state index is -0.686. The Bertz CT molecular complexity index is 821. The highest BCUT2D eigenvalue weighted by atomic mass is 35.5. The zero-order chi connectivity index (χ0) is 25.0. The normalized spacial score (nSPS) is 12.3. The third-order valence-corrected chi connectivity index (χ3v) is 4.83. The highest BCUT2D eigenvalue weighted by molar-refractivity contribution is 6.30. The van der Waals surface area contributed by atoms with Crippen molar-refractivity contribution in [3.63, 3.8) is 0 Å². The molecule has 0 aromatic heterocycles.